The lowest BCUT2D eigenvalue weighted by molar-refractivity contribution is -0.142. The Morgan fingerprint density at radius 1 is 1.20 bits per heavy atom. The molecule has 0 spiro atoms. The quantitative estimate of drug-likeness (QED) is 0.887. The fourth-order valence-electron chi connectivity index (χ4n) is 3.06. The molecule has 1 N–H and O–H groups in total. The first-order valence-electron chi connectivity index (χ1n) is 8.06. The van der Waals surface area contributed by atoms with Gasteiger partial charge in [-0.1, -0.05) is 11.6 Å². The Balaban J connectivity index is 1.68. The summed E-state index contributed by atoms with van der Waals surface area (Å²) in [5.41, 5.74) is 0.608. The average Bonchev–Trinajstić information content (AvgIpc) is 2.95. The van der Waals surface area contributed by atoms with Gasteiger partial charge in [-0.2, -0.15) is 18.3 Å². The second kappa shape index (κ2) is 7.07. The van der Waals surface area contributed by atoms with E-state index in [2.05, 4.69) is 10.4 Å². The van der Waals surface area contributed by atoms with E-state index in [1.807, 2.05) is 0 Å². The van der Waals surface area contributed by atoms with E-state index in [0.29, 0.717) is 34.7 Å². The highest BCUT2D eigenvalue weighted by Gasteiger charge is 2.39. The van der Waals surface area contributed by atoms with Gasteiger partial charge in [-0.25, -0.2) is 0 Å². The third-order valence-electron chi connectivity index (χ3n) is 4.24. The second-order valence-corrected chi connectivity index (χ2v) is 6.40. The summed E-state index contributed by atoms with van der Waals surface area (Å²) in [6.45, 7) is 0.407. The van der Waals surface area contributed by atoms with E-state index in [4.69, 9.17) is 11.6 Å². The molecule has 4 nitrogen and oxygen atoms in total. The number of rotatable bonds is 4. The number of alkyl halides is 3. The number of aromatic nitrogens is 2. The van der Waals surface area contributed by atoms with Gasteiger partial charge in [0.25, 0.3) is 5.91 Å². The Morgan fingerprint density at radius 2 is 1.88 bits per heavy atom. The summed E-state index contributed by atoms with van der Waals surface area (Å²) in [7, 11) is 0. The van der Waals surface area contributed by atoms with Gasteiger partial charge in [-0.3, -0.25) is 9.48 Å². The molecule has 0 atom stereocenters. The summed E-state index contributed by atoms with van der Waals surface area (Å²) in [5.74, 6) is -0.297. The topological polar surface area (TPSA) is 46.9 Å². The molecule has 8 heteroatoms. The van der Waals surface area contributed by atoms with E-state index in [9.17, 15) is 18.0 Å². The average molecular weight is 372 g/mol. The van der Waals surface area contributed by atoms with Crippen molar-refractivity contribution in [3.8, 4) is 0 Å². The van der Waals surface area contributed by atoms with Crippen LogP contribution in [0.2, 0.25) is 5.02 Å². The molecule has 0 fully saturated rings. The van der Waals surface area contributed by atoms with Crippen LogP contribution in [0.3, 0.4) is 0 Å². The van der Waals surface area contributed by atoms with Crippen LogP contribution in [0, 0.1) is 0 Å². The van der Waals surface area contributed by atoms with E-state index in [-0.39, 0.29) is 19.0 Å². The highest BCUT2D eigenvalue weighted by Crippen LogP contribution is 2.35. The van der Waals surface area contributed by atoms with Gasteiger partial charge in [-0.05, 0) is 49.9 Å². The van der Waals surface area contributed by atoms with Crippen LogP contribution in [0.25, 0.3) is 0 Å². The normalized spacial score (nSPS) is 14.2. The van der Waals surface area contributed by atoms with Gasteiger partial charge in [0.05, 0.1) is 6.54 Å². The molecule has 134 valence electrons. The SMILES string of the molecule is O=C(NCCn1nc(C(F)(F)F)c2c1CCCC2)c1ccc(Cl)cc1. The van der Waals surface area contributed by atoms with E-state index >= 15 is 0 Å². The molecule has 3 rings (SSSR count). The van der Waals surface area contributed by atoms with Crippen LogP contribution in [-0.2, 0) is 25.6 Å². The molecule has 1 amide bonds. The summed E-state index contributed by atoms with van der Waals surface area (Å²) in [4.78, 5) is 12.0. The number of carbonyl (C=O) groups is 1. The molecule has 0 radical (unpaired) electrons. The van der Waals surface area contributed by atoms with Crippen LogP contribution >= 0.6 is 11.6 Å². The first-order valence-corrected chi connectivity index (χ1v) is 8.43. The van der Waals surface area contributed by atoms with Gasteiger partial charge in [0.2, 0.25) is 0 Å². The molecule has 0 saturated heterocycles. The largest absolute Gasteiger partial charge is 0.435 e. The van der Waals surface area contributed by atoms with Crippen molar-refractivity contribution >= 4 is 17.5 Å². The summed E-state index contributed by atoms with van der Waals surface area (Å²) >= 11 is 5.77. The number of amides is 1. The first-order chi connectivity index (χ1) is 11.9. The van der Waals surface area contributed by atoms with Gasteiger partial charge in [0.1, 0.15) is 0 Å². The zero-order valence-electron chi connectivity index (χ0n) is 13.4. The number of benzene rings is 1. The zero-order valence-corrected chi connectivity index (χ0v) is 14.1. The van der Waals surface area contributed by atoms with E-state index < -0.39 is 11.9 Å². The summed E-state index contributed by atoms with van der Waals surface area (Å²) in [6.07, 6.45) is -1.85. The van der Waals surface area contributed by atoms with E-state index in [1.54, 1.807) is 24.3 Å². The van der Waals surface area contributed by atoms with Crippen molar-refractivity contribution in [1.82, 2.24) is 15.1 Å². The molecule has 1 aromatic carbocycles. The minimum atomic E-state index is -4.45. The number of nitrogens with zero attached hydrogens (tertiary/aromatic N) is 2. The molecule has 2 aromatic rings. The van der Waals surface area contributed by atoms with Crippen LogP contribution in [0.4, 0.5) is 13.2 Å². The number of halogens is 4. The maximum absolute atomic E-state index is 13.1. The molecule has 0 unspecified atom stereocenters. The highest BCUT2D eigenvalue weighted by atomic mass is 35.5. The molecule has 1 heterocycles. The lowest BCUT2D eigenvalue weighted by Gasteiger charge is -2.15. The third-order valence-corrected chi connectivity index (χ3v) is 4.49. The van der Waals surface area contributed by atoms with Gasteiger partial charge < -0.3 is 5.32 Å². The van der Waals surface area contributed by atoms with Crippen molar-refractivity contribution in [3.63, 3.8) is 0 Å². The number of fused-ring (bicyclic) bond motifs is 1. The monoisotopic (exact) mass is 371 g/mol. The molecule has 25 heavy (non-hydrogen) atoms. The molecule has 0 saturated carbocycles. The minimum absolute atomic E-state index is 0.201. The van der Waals surface area contributed by atoms with Crippen molar-refractivity contribution < 1.29 is 18.0 Å². The first kappa shape index (κ1) is 17.8. The number of hydrogen-bond acceptors (Lipinski definition) is 2. The van der Waals surface area contributed by atoms with Crippen molar-refractivity contribution in [1.29, 1.82) is 0 Å². The van der Waals surface area contributed by atoms with Crippen LogP contribution in [-0.4, -0.2) is 22.2 Å². The molecular formula is C17H17ClF3N3O. The fraction of sp³-hybridized carbons (Fsp3) is 0.412. The van der Waals surface area contributed by atoms with Crippen LogP contribution in [0.5, 0.6) is 0 Å². The van der Waals surface area contributed by atoms with Crippen molar-refractivity contribution in [3.05, 3.63) is 51.8 Å². The molecular weight excluding hydrogens is 355 g/mol. The molecule has 1 aromatic heterocycles. The Labute approximate surface area is 148 Å². The summed E-state index contributed by atoms with van der Waals surface area (Å²) in [5, 5.41) is 6.99. The van der Waals surface area contributed by atoms with Gasteiger partial charge in [0.15, 0.2) is 5.69 Å². The second-order valence-electron chi connectivity index (χ2n) is 5.96. The van der Waals surface area contributed by atoms with E-state index in [0.717, 1.165) is 12.8 Å². The molecule has 0 aliphatic heterocycles. The molecule has 1 aliphatic rings. The van der Waals surface area contributed by atoms with Crippen LogP contribution in [0.1, 0.15) is 40.2 Å². The zero-order chi connectivity index (χ0) is 18.0. The Morgan fingerprint density at radius 3 is 2.56 bits per heavy atom. The van der Waals surface area contributed by atoms with E-state index in [1.165, 1.54) is 4.68 Å². The van der Waals surface area contributed by atoms with Gasteiger partial charge >= 0.3 is 6.18 Å². The number of hydrogen-bond donors (Lipinski definition) is 1. The lowest BCUT2D eigenvalue weighted by atomic mass is 9.95. The molecule has 0 bridgehead atoms. The summed E-state index contributed by atoms with van der Waals surface area (Å²) < 4.78 is 40.8. The van der Waals surface area contributed by atoms with Crippen molar-refractivity contribution in [2.45, 2.75) is 38.4 Å². The predicted octanol–water partition coefficient (Wildman–Crippen LogP) is 3.86. The minimum Gasteiger partial charge on any atom is -0.350 e. The van der Waals surface area contributed by atoms with Crippen LogP contribution < -0.4 is 5.32 Å². The van der Waals surface area contributed by atoms with Gasteiger partial charge in [-0.15, -0.1) is 0 Å². The Kier molecular flexibility index (Phi) is 5.03. The van der Waals surface area contributed by atoms with Crippen LogP contribution in [0.15, 0.2) is 24.3 Å². The molecule has 1 aliphatic carbocycles. The maximum atomic E-state index is 13.1. The van der Waals surface area contributed by atoms with Crippen molar-refractivity contribution in [2.24, 2.45) is 0 Å². The number of carbonyl (C=O) groups excluding carboxylic acids is 1. The Hall–Kier alpha value is -2.02. The standard InChI is InChI=1S/C17H17ClF3N3O/c18-12-7-5-11(6-8-12)16(25)22-9-10-24-14-4-2-1-3-13(14)15(23-24)17(19,20)21/h5-8H,1-4,9-10H2,(H,22,25). The predicted molar refractivity (Wildman–Crippen MR) is 87.7 cm³/mol. The highest BCUT2D eigenvalue weighted by molar-refractivity contribution is 6.30. The fourth-order valence-corrected chi connectivity index (χ4v) is 3.19. The summed E-state index contributed by atoms with van der Waals surface area (Å²) in [6, 6.07) is 6.40. The smallest absolute Gasteiger partial charge is 0.350 e. The van der Waals surface area contributed by atoms with Crippen molar-refractivity contribution in [2.75, 3.05) is 6.54 Å². The Bertz CT molecular complexity index is 769. The van der Waals surface area contributed by atoms with Gasteiger partial charge in [0, 0.05) is 28.4 Å². The third kappa shape index (κ3) is 3.98. The number of nitrogens with one attached hydrogen (secondary N) is 1. The lowest BCUT2D eigenvalue weighted by Crippen LogP contribution is -2.28. The maximum Gasteiger partial charge on any atom is 0.435 e.